The summed E-state index contributed by atoms with van der Waals surface area (Å²) in [5.41, 5.74) is 0.907. The van der Waals surface area contributed by atoms with Crippen LogP contribution in [0.5, 0.6) is 0 Å². The fourth-order valence-electron chi connectivity index (χ4n) is 1.53. The summed E-state index contributed by atoms with van der Waals surface area (Å²) in [7, 11) is 0. The summed E-state index contributed by atoms with van der Waals surface area (Å²) < 4.78 is 13.0. The van der Waals surface area contributed by atoms with Gasteiger partial charge in [0.1, 0.15) is 18.0 Å². The van der Waals surface area contributed by atoms with E-state index in [9.17, 15) is 9.18 Å². The second-order valence-electron chi connectivity index (χ2n) is 3.90. The van der Waals surface area contributed by atoms with E-state index in [0.717, 1.165) is 0 Å². The Morgan fingerprint density at radius 1 is 1.50 bits per heavy atom. The molecule has 0 unspecified atom stereocenters. The van der Waals surface area contributed by atoms with Gasteiger partial charge < -0.3 is 5.32 Å². The lowest BCUT2D eigenvalue weighted by Crippen LogP contribution is -2.26. The van der Waals surface area contributed by atoms with Gasteiger partial charge >= 0.3 is 0 Å². The molecule has 0 fully saturated rings. The van der Waals surface area contributed by atoms with Crippen LogP contribution in [0.1, 0.15) is 21.7 Å². The highest BCUT2D eigenvalue weighted by molar-refractivity contribution is 5.94. The highest BCUT2D eigenvalue weighted by atomic mass is 19.1. The van der Waals surface area contributed by atoms with Gasteiger partial charge in [-0.2, -0.15) is 5.10 Å². The molecule has 18 heavy (non-hydrogen) atoms. The number of hydrogen-bond acceptors (Lipinski definition) is 3. The average molecular weight is 248 g/mol. The first-order chi connectivity index (χ1) is 8.66. The van der Waals surface area contributed by atoms with Crippen LogP contribution in [0.2, 0.25) is 0 Å². The molecule has 0 saturated carbocycles. The molecule has 0 bridgehead atoms. The number of amides is 1. The molecular weight excluding hydrogens is 235 g/mol. The first-order valence-electron chi connectivity index (χ1n) is 5.55. The van der Waals surface area contributed by atoms with Crippen molar-refractivity contribution < 1.29 is 9.18 Å². The van der Waals surface area contributed by atoms with Crippen LogP contribution in [-0.2, 0) is 6.42 Å². The van der Waals surface area contributed by atoms with Crippen LogP contribution < -0.4 is 5.32 Å². The van der Waals surface area contributed by atoms with Crippen molar-refractivity contribution in [3.63, 3.8) is 0 Å². The number of aromatic amines is 1. The molecule has 1 aromatic heterocycles. The molecule has 2 rings (SSSR count). The van der Waals surface area contributed by atoms with Gasteiger partial charge in [-0.05, 0) is 30.7 Å². The largest absolute Gasteiger partial charge is 0.352 e. The molecule has 0 radical (unpaired) electrons. The van der Waals surface area contributed by atoms with Crippen molar-refractivity contribution in [1.82, 2.24) is 20.5 Å². The molecule has 1 heterocycles. The normalized spacial score (nSPS) is 10.3. The van der Waals surface area contributed by atoms with E-state index in [0.29, 0.717) is 29.9 Å². The highest BCUT2D eigenvalue weighted by Gasteiger charge is 2.07. The Bertz CT molecular complexity index is 539. The van der Waals surface area contributed by atoms with Crippen LogP contribution in [-0.4, -0.2) is 27.6 Å². The van der Waals surface area contributed by atoms with Gasteiger partial charge in [-0.3, -0.25) is 9.89 Å². The van der Waals surface area contributed by atoms with E-state index < -0.39 is 0 Å². The number of carbonyl (C=O) groups excluding carboxylic acids is 1. The first-order valence-corrected chi connectivity index (χ1v) is 5.55. The van der Waals surface area contributed by atoms with Crippen molar-refractivity contribution in [2.24, 2.45) is 0 Å². The molecule has 1 amide bonds. The number of hydrogen-bond donors (Lipinski definition) is 2. The van der Waals surface area contributed by atoms with Crippen LogP contribution in [0.4, 0.5) is 4.39 Å². The Morgan fingerprint density at radius 2 is 2.33 bits per heavy atom. The fraction of sp³-hybridized carbons (Fsp3) is 0.250. The summed E-state index contributed by atoms with van der Waals surface area (Å²) in [5, 5.41) is 9.15. The van der Waals surface area contributed by atoms with Crippen molar-refractivity contribution in [1.29, 1.82) is 0 Å². The maximum Gasteiger partial charge on any atom is 0.251 e. The topological polar surface area (TPSA) is 70.7 Å². The zero-order valence-electron chi connectivity index (χ0n) is 9.90. The number of aromatic nitrogens is 3. The van der Waals surface area contributed by atoms with Gasteiger partial charge in [-0.15, -0.1) is 0 Å². The quantitative estimate of drug-likeness (QED) is 0.854. The Kier molecular flexibility index (Phi) is 3.66. The lowest BCUT2D eigenvalue weighted by Gasteiger charge is -2.05. The standard InChI is InChI=1S/C12H13FN4O/c1-8-6-9(2-3-10(8)13)12(18)14-5-4-11-15-7-16-17-11/h2-3,6-7H,4-5H2,1H3,(H,14,18)(H,15,16,17). The zero-order chi connectivity index (χ0) is 13.0. The maximum absolute atomic E-state index is 13.0. The summed E-state index contributed by atoms with van der Waals surface area (Å²) in [4.78, 5) is 15.7. The maximum atomic E-state index is 13.0. The van der Waals surface area contributed by atoms with Crippen molar-refractivity contribution in [3.8, 4) is 0 Å². The molecule has 2 aromatic rings. The molecule has 5 nitrogen and oxygen atoms in total. The van der Waals surface area contributed by atoms with Crippen LogP contribution in [0, 0.1) is 12.7 Å². The molecular formula is C12H13FN4O. The van der Waals surface area contributed by atoms with Crippen molar-refractivity contribution in [3.05, 3.63) is 47.3 Å². The van der Waals surface area contributed by atoms with Gasteiger partial charge in [0, 0.05) is 18.5 Å². The highest BCUT2D eigenvalue weighted by Crippen LogP contribution is 2.08. The number of benzene rings is 1. The molecule has 0 saturated heterocycles. The van der Waals surface area contributed by atoms with Crippen LogP contribution >= 0.6 is 0 Å². The van der Waals surface area contributed by atoms with Crippen molar-refractivity contribution in [2.75, 3.05) is 6.54 Å². The minimum Gasteiger partial charge on any atom is -0.352 e. The third-order valence-electron chi connectivity index (χ3n) is 2.53. The summed E-state index contributed by atoms with van der Waals surface area (Å²) in [6, 6.07) is 4.28. The Balaban J connectivity index is 1.89. The molecule has 0 spiro atoms. The Labute approximate surface area is 103 Å². The molecule has 6 heteroatoms. The summed E-state index contributed by atoms with van der Waals surface area (Å²) in [6.07, 6.45) is 1.99. The fourth-order valence-corrected chi connectivity index (χ4v) is 1.53. The minimum atomic E-state index is -0.312. The molecule has 2 N–H and O–H groups in total. The van der Waals surface area contributed by atoms with Gasteiger partial charge in [-0.1, -0.05) is 0 Å². The number of rotatable bonds is 4. The lowest BCUT2D eigenvalue weighted by atomic mass is 10.1. The van der Waals surface area contributed by atoms with Crippen LogP contribution in [0.3, 0.4) is 0 Å². The Hall–Kier alpha value is -2.24. The zero-order valence-corrected chi connectivity index (χ0v) is 9.90. The van der Waals surface area contributed by atoms with E-state index in [4.69, 9.17) is 0 Å². The minimum absolute atomic E-state index is 0.224. The predicted molar refractivity (Wildman–Crippen MR) is 63.6 cm³/mol. The summed E-state index contributed by atoms with van der Waals surface area (Å²) in [6.45, 7) is 2.07. The van der Waals surface area contributed by atoms with Gasteiger partial charge in [0.2, 0.25) is 0 Å². The van der Waals surface area contributed by atoms with Crippen LogP contribution in [0.15, 0.2) is 24.5 Å². The van der Waals surface area contributed by atoms with E-state index in [2.05, 4.69) is 20.5 Å². The SMILES string of the molecule is Cc1cc(C(=O)NCCc2ncn[nH]2)ccc1F. The predicted octanol–water partition coefficient (Wildman–Crippen LogP) is 1.22. The van der Waals surface area contributed by atoms with Gasteiger partial charge in [0.05, 0.1) is 0 Å². The molecule has 0 atom stereocenters. The number of H-pyrrole nitrogens is 1. The summed E-state index contributed by atoms with van der Waals surface area (Å²) in [5.74, 6) is 0.177. The second-order valence-corrected chi connectivity index (χ2v) is 3.90. The van der Waals surface area contributed by atoms with Gasteiger partial charge in [0.25, 0.3) is 5.91 Å². The number of halogens is 1. The number of nitrogens with one attached hydrogen (secondary N) is 2. The number of nitrogens with zero attached hydrogens (tertiary/aromatic N) is 2. The van der Waals surface area contributed by atoms with E-state index >= 15 is 0 Å². The molecule has 1 aromatic carbocycles. The molecule has 0 aliphatic carbocycles. The van der Waals surface area contributed by atoms with Crippen molar-refractivity contribution in [2.45, 2.75) is 13.3 Å². The monoisotopic (exact) mass is 248 g/mol. The number of carbonyl (C=O) groups is 1. The average Bonchev–Trinajstić information content (AvgIpc) is 2.85. The molecule has 94 valence electrons. The second kappa shape index (κ2) is 5.39. The lowest BCUT2D eigenvalue weighted by molar-refractivity contribution is 0.0954. The van der Waals surface area contributed by atoms with E-state index in [1.165, 1.54) is 24.5 Å². The van der Waals surface area contributed by atoms with Gasteiger partial charge in [0.15, 0.2) is 0 Å². The number of aryl methyl sites for hydroxylation is 1. The molecule has 0 aliphatic heterocycles. The van der Waals surface area contributed by atoms with E-state index in [-0.39, 0.29) is 11.7 Å². The van der Waals surface area contributed by atoms with Gasteiger partial charge in [-0.25, -0.2) is 9.37 Å². The molecule has 0 aliphatic rings. The summed E-state index contributed by atoms with van der Waals surface area (Å²) >= 11 is 0. The third kappa shape index (κ3) is 2.91. The first kappa shape index (κ1) is 12.2. The van der Waals surface area contributed by atoms with E-state index in [1.54, 1.807) is 6.92 Å². The third-order valence-corrected chi connectivity index (χ3v) is 2.53. The Morgan fingerprint density at radius 3 is 3.00 bits per heavy atom. The van der Waals surface area contributed by atoms with Crippen LogP contribution in [0.25, 0.3) is 0 Å². The smallest absolute Gasteiger partial charge is 0.251 e. The van der Waals surface area contributed by atoms with Crippen molar-refractivity contribution >= 4 is 5.91 Å². The van der Waals surface area contributed by atoms with E-state index in [1.807, 2.05) is 0 Å².